The first kappa shape index (κ1) is 15.7. The van der Waals surface area contributed by atoms with Crippen molar-refractivity contribution in [3.05, 3.63) is 56.4 Å². The van der Waals surface area contributed by atoms with Crippen molar-refractivity contribution in [1.82, 2.24) is 5.32 Å². The van der Waals surface area contributed by atoms with Gasteiger partial charge in [-0.1, -0.05) is 19.1 Å². The lowest BCUT2D eigenvalue weighted by Gasteiger charge is -2.16. The van der Waals surface area contributed by atoms with Gasteiger partial charge in [0, 0.05) is 4.88 Å². The molecule has 2 rings (SSSR count). The van der Waals surface area contributed by atoms with Gasteiger partial charge in [-0.05, 0) is 77.6 Å². The molecule has 20 heavy (non-hydrogen) atoms. The summed E-state index contributed by atoms with van der Waals surface area (Å²) in [5.41, 5.74) is 1.07. The fourth-order valence-corrected chi connectivity index (χ4v) is 3.91. The fraction of sp³-hybridized carbons (Fsp3) is 0.375. The van der Waals surface area contributed by atoms with Crippen molar-refractivity contribution in [2.45, 2.75) is 19.8 Å². The molecule has 0 spiro atoms. The summed E-state index contributed by atoms with van der Waals surface area (Å²) in [5.74, 6) is 0.339. The van der Waals surface area contributed by atoms with Crippen LogP contribution in [0.4, 0.5) is 4.39 Å². The molecule has 1 atom stereocenters. The summed E-state index contributed by atoms with van der Waals surface area (Å²) in [6.45, 7) is 4.04. The molecule has 1 nitrogen and oxygen atoms in total. The van der Waals surface area contributed by atoms with Crippen LogP contribution in [0.3, 0.4) is 0 Å². The second kappa shape index (κ2) is 7.91. The smallest absolute Gasteiger partial charge is 0.123 e. The Kier molecular flexibility index (Phi) is 6.20. The third-order valence-electron chi connectivity index (χ3n) is 3.22. The minimum Gasteiger partial charge on any atom is -0.317 e. The topological polar surface area (TPSA) is 12.0 Å². The van der Waals surface area contributed by atoms with Gasteiger partial charge in [-0.15, -0.1) is 11.3 Å². The van der Waals surface area contributed by atoms with E-state index in [0.29, 0.717) is 5.92 Å². The van der Waals surface area contributed by atoms with Crippen LogP contribution in [-0.4, -0.2) is 13.1 Å². The molecule has 1 unspecified atom stereocenters. The van der Waals surface area contributed by atoms with Gasteiger partial charge in [0.05, 0.1) is 3.79 Å². The number of nitrogens with one attached hydrogen (secondary N) is 1. The lowest BCUT2D eigenvalue weighted by Crippen LogP contribution is -2.25. The van der Waals surface area contributed by atoms with E-state index in [-0.39, 0.29) is 5.82 Å². The van der Waals surface area contributed by atoms with Gasteiger partial charge in [-0.25, -0.2) is 4.39 Å². The van der Waals surface area contributed by atoms with Crippen molar-refractivity contribution in [2.24, 2.45) is 5.92 Å². The predicted octanol–water partition coefficient (Wildman–Crippen LogP) is 4.66. The number of thiophene rings is 1. The Balaban J connectivity index is 2.02. The fourth-order valence-electron chi connectivity index (χ4n) is 2.31. The monoisotopic (exact) mass is 355 g/mol. The van der Waals surface area contributed by atoms with Crippen LogP contribution < -0.4 is 5.32 Å². The van der Waals surface area contributed by atoms with Gasteiger partial charge in [-0.2, -0.15) is 0 Å². The van der Waals surface area contributed by atoms with Crippen LogP contribution in [0.1, 0.15) is 17.4 Å². The standard InChI is InChI=1S/C16H19BrFNS/c1-2-19-11-13(10-15-6-7-16(17)20-15)8-12-4-3-5-14(18)9-12/h3-7,9,13,19H,2,8,10-11H2,1H3. The molecule has 0 aliphatic carbocycles. The molecule has 0 aliphatic heterocycles. The van der Waals surface area contributed by atoms with Crippen molar-refractivity contribution in [3.8, 4) is 0 Å². The quantitative estimate of drug-likeness (QED) is 0.761. The van der Waals surface area contributed by atoms with Crippen LogP contribution in [0.5, 0.6) is 0 Å². The Morgan fingerprint density at radius 2 is 2.10 bits per heavy atom. The van der Waals surface area contributed by atoms with Gasteiger partial charge in [0.25, 0.3) is 0 Å². The van der Waals surface area contributed by atoms with E-state index in [1.807, 2.05) is 6.07 Å². The van der Waals surface area contributed by atoms with E-state index in [1.54, 1.807) is 23.5 Å². The van der Waals surface area contributed by atoms with Crippen LogP contribution >= 0.6 is 27.3 Å². The van der Waals surface area contributed by atoms with Gasteiger partial charge in [0.1, 0.15) is 5.82 Å². The number of hydrogen-bond donors (Lipinski definition) is 1. The van der Waals surface area contributed by atoms with Gasteiger partial charge >= 0.3 is 0 Å². The number of hydrogen-bond acceptors (Lipinski definition) is 2. The lowest BCUT2D eigenvalue weighted by atomic mass is 9.95. The minimum absolute atomic E-state index is 0.149. The molecule has 108 valence electrons. The molecular formula is C16H19BrFNS. The van der Waals surface area contributed by atoms with Gasteiger partial charge < -0.3 is 5.32 Å². The molecule has 0 saturated carbocycles. The normalized spacial score (nSPS) is 12.6. The van der Waals surface area contributed by atoms with Crippen molar-refractivity contribution in [3.63, 3.8) is 0 Å². The Hall–Kier alpha value is -0.710. The molecule has 0 saturated heterocycles. The van der Waals surface area contributed by atoms with E-state index in [4.69, 9.17) is 0 Å². The molecule has 1 aromatic heterocycles. The number of rotatable bonds is 7. The highest BCUT2D eigenvalue weighted by molar-refractivity contribution is 9.11. The van der Waals surface area contributed by atoms with Gasteiger partial charge in [0.15, 0.2) is 0 Å². The largest absolute Gasteiger partial charge is 0.317 e. The van der Waals surface area contributed by atoms with Crippen LogP contribution in [-0.2, 0) is 12.8 Å². The summed E-state index contributed by atoms with van der Waals surface area (Å²) in [5, 5.41) is 3.41. The number of halogens is 2. The zero-order valence-electron chi connectivity index (χ0n) is 11.5. The third kappa shape index (κ3) is 5.00. The summed E-state index contributed by atoms with van der Waals surface area (Å²) in [6.07, 6.45) is 1.93. The van der Waals surface area contributed by atoms with E-state index < -0.39 is 0 Å². The molecule has 0 amide bonds. The Labute approximate surface area is 132 Å². The summed E-state index contributed by atoms with van der Waals surface area (Å²) >= 11 is 5.28. The van der Waals surface area contributed by atoms with E-state index >= 15 is 0 Å². The van der Waals surface area contributed by atoms with Gasteiger partial charge in [-0.3, -0.25) is 0 Å². The first-order valence-electron chi connectivity index (χ1n) is 6.86. The maximum Gasteiger partial charge on any atom is 0.123 e. The van der Waals surface area contributed by atoms with E-state index in [2.05, 4.69) is 40.3 Å². The molecule has 4 heteroatoms. The highest BCUT2D eigenvalue weighted by Crippen LogP contribution is 2.25. The van der Waals surface area contributed by atoms with E-state index in [9.17, 15) is 4.39 Å². The maximum atomic E-state index is 13.3. The van der Waals surface area contributed by atoms with Crippen molar-refractivity contribution in [1.29, 1.82) is 0 Å². The van der Waals surface area contributed by atoms with Crippen LogP contribution in [0.15, 0.2) is 40.2 Å². The predicted molar refractivity (Wildman–Crippen MR) is 87.9 cm³/mol. The molecular weight excluding hydrogens is 337 g/mol. The first-order valence-corrected chi connectivity index (χ1v) is 8.47. The average Bonchev–Trinajstić information content (AvgIpc) is 2.81. The molecule has 0 bridgehead atoms. The molecule has 1 heterocycles. The third-order valence-corrected chi connectivity index (χ3v) is 4.86. The Morgan fingerprint density at radius 1 is 1.25 bits per heavy atom. The molecule has 0 radical (unpaired) electrons. The molecule has 0 aliphatic rings. The van der Waals surface area contributed by atoms with Crippen molar-refractivity contribution < 1.29 is 4.39 Å². The molecule has 1 aromatic carbocycles. The SMILES string of the molecule is CCNCC(Cc1cccc(F)c1)Cc1ccc(Br)s1. The van der Waals surface area contributed by atoms with Crippen LogP contribution in [0.25, 0.3) is 0 Å². The molecule has 2 aromatic rings. The lowest BCUT2D eigenvalue weighted by molar-refractivity contribution is 0.480. The Bertz CT molecular complexity index is 541. The first-order chi connectivity index (χ1) is 9.67. The summed E-state index contributed by atoms with van der Waals surface area (Å²) in [4.78, 5) is 1.37. The maximum absolute atomic E-state index is 13.3. The van der Waals surface area contributed by atoms with Crippen LogP contribution in [0.2, 0.25) is 0 Å². The second-order valence-corrected chi connectivity index (χ2v) is 7.47. The highest BCUT2D eigenvalue weighted by atomic mass is 79.9. The Morgan fingerprint density at radius 3 is 2.75 bits per heavy atom. The van der Waals surface area contributed by atoms with E-state index in [0.717, 1.165) is 31.5 Å². The minimum atomic E-state index is -0.149. The van der Waals surface area contributed by atoms with Crippen molar-refractivity contribution in [2.75, 3.05) is 13.1 Å². The average molecular weight is 356 g/mol. The number of benzene rings is 1. The van der Waals surface area contributed by atoms with Gasteiger partial charge in [0.2, 0.25) is 0 Å². The molecule has 0 fully saturated rings. The van der Waals surface area contributed by atoms with Crippen molar-refractivity contribution >= 4 is 27.3 Å². The second-order valence-electron chi connectivity index (χ2n) is 4.92. The highest BCUT2D eigenvalue weighted by Gasteiger charge is 2.12. The zero-order chi connectivity index (χ0) is 14.4. The van der Waals surface area contributed by atoms with Crippen LogP contribution in [0, 0.1) is 11.7 Å². The summed E-state index contributed by atoms with van der Waals surface area (Å²) in [6, 6.07) is 11.2. The van der Waals surface area contributed by atoms with E-state index in [1.165, 1.54) is 14.7 Å². The summed E-state index contributed by atoms with van der Waals surface area (Å²) < 4.78 is 14.4. The summed E-state index contributed by atoms with van der Waals surface area (Å²) in [7, 11) is 0. The molecule has 1 N–H and O–H groups in total. The zero-order valence-corrected chi connectivity index (χ0v) is 13.9.